The molecule has 5 heteroatoms. The molecule has 11 rings (SSSR count). The monoisotopic (exact) mass is 727 g/mol. The van der Waals surface area contributed by atoms with Gasteiger partial charge in [-0.1, -0.05) is 91.0 Å². The maximum absolute atomic E-state index is 4.66. The van der Waals surface area contributed by atoms with Crippen molar-refractivity contribution in [3.8, 4) is 33.4 Å². The largest absolute Gasteiger partial charge is 0.310 e. The van der Waals surface area contributed by atoms with Crippen molar-refractivity contribution in [2.45, 2.75) is 0 Å². The van der Waals surface area contributed by atoms with Crippen LogP contribution in [0, 0.1) is 0 Å². The summed E-state index contributed by atoms with van der Waals surface area (Å²) in [5, 5.41) is 7.37. The molecule has 11 aromatic rings. The molecule has 0 aliphatic heterocycles. The van der Waals surface area contributed by atoms with Crippen LogP contribution in [0.4, 0.5) is 17.1 Å². The van der Waals surface area contributed by atoms with Crippen molar-refractivity contribution in [3.05, 3.63) is 201 Å². The van der Waals surface area contributed by atoms with Crippen LogP contribution < -0.4 is 4.90 Å². The Kier molecular flexibility index (Phi) is 7.74. The normalized spacial score (nSPS) is 11.5. The topological polar surface area (TPSA) is 54.8 Å². The minimum Gasteiger partial charge on any atom is -0.310 e. The Morgan fingerprint density at radius 2 is 0.754 bits per heavy atom. The highest BCUT2D eigenvalue weighted by Gasteiger charge is 2.16. The number of hydrogen-bond acceptors (Lipinski definition) is 5. The first-order chi connectivity index (χ1) is 28.2. The van der Waals surface area contributed by atoms with Gasteiger partial charge in [0.05, 0.1) is 22.1 Å². The SMILES string of the molecule is c1ccc2cc(-c3ccc4c(ccc5cc(N(c6ccc(-c7cnc8cccnc8c7)cc6)c6ccc(-c7cnc8cccnc8c7)cc6)ccc54)c3)ccc2c1. The molecule has 0 spiro atoms. The number of anilines is 3. The van der Waals surface area contributed by atoms with Gasteiger partial charge in [-0.15, -0.1) is 0 Å². The van der Waals surface area contributed by atoms with Crippen molar-refractivity contribution >= 4 is 71.4 Å². The molecule has 0 amide bonds. The number of benzene rings is 7. The summed E-state index contributed by atoms with van der Waals surface area (Å²) < 4.78 is 0. The number of aromatic nitrogens is 4. The van der Waals surface area contributed by atoms with Crippen molar-refractivity contribution < 1.29 is 0 Å². The average Bonchev–Trinajstić information content (AvgIpc) is 3.29. The van der Waals surface area contributed by atoms with Gasteiger partial charge in [0.25, 0.3) is 0 Å². The fraction of sp³-hybridized carbons (Fsp3) is 0. The minimum absolute atomic E-state index is 0.881. The summed E-state index contributed by atoms with van der Waals surface area (Å²) in [5.41, 5.74) is 13.4. The molecule has 5 nitrogen and oxygen atoms in total. The summed E-state index contributed by atoms with van der Waals surface area (Å²) in [6, 6.07) is 62.8. The zero-order valence-electron chi connectivity index (χ0n) is 30.8. The highest BCUT2D eigenvalue weighted by molar-refractivity contribution is 6.09. The molecule has 4 heterocycles. The quantitative estimate of drug-likeness (QED) is 0.160. The van der Waals surface area contributed by atoms with Gasteiger partial charge in [0, 0.05) is 53.0 Å². The van der Waals surface area contributed by atoms with Crippen LogP contribution in [-0.4, -0.2) is 19.9 Å². The summed E-state index contributed by atoms with van der Waals surface area (Å²) in [4.78, 5) is 20.7. The van der Waals surface area contributed by atoms with Gasteiger partial charge < -0.3 is 4.90 Å². The Labute approximate surface area is 329 Å². The third-order valence-electron chi connectivity index (χ3n) is 11.0. The molecule has 0 radical (unpaired) electrons. The number of hydrogen-bond donors (Lipinski definition) is 0. The molecule has 0 atom stereocenters. The van der Waals surface area contributed by atoms with Crippen LogP contribution in [0.15, 0.2) is 201 Å². The Morgan fingerprint density at radius 3 is 1.37 bits per heavy atom. The van der Waals surface area contributed by atoms with Gasteiger partial charge in [-0.25, -0.2) is 0 Å². The van der Waals surface area contributed by atoms with E-state index in [1.807, 2.05) is 49.1 Å². The van der Waals surface area contributed by atoms with E-state index in [1.54, 1.807) is 0 Å². The van der Waals surface area contributed by atoms with Gasteiger partial charge in [-0.05, 0) is 140 Å². The zero-order valence-corrected chi connectivity index (χ0v) is 30.8. The summed E-state index contributed by atoms with van der Waals surface area (Å²) in [5.74, 6) is 0. The Balaban J connectivity index is 0.981. The summed E-state index contributed by atoms with van der Waals surface area (Å²) in [7, 11) is 0. The van der Waals surface area contributed by atoms with Crippen molar-refractivity contribution in [1.82, 2.24) is 19.9 Å². The first-order valence-electron chi connectivity index (χ1n) is 19.1. The van der Waals surface area contributed by atoms with E-state index in [0.29, 0.717) is 0 Å². The van der Waals surface area contributed by atoms with E-state index in [9.17, 15) is 0 Å². The lowest BCUT2D eigenvalue weighted by molar-refractivity contribution is 1.29. The van der Waals surface area contributed by atoms with E-state index in [1.165, 1.54) is 43.4 Å². The lowest BCUT2D eigenvalue weighted by Crippen LogP contribution is -2.09. The van der Waals surface area contributed by atoms with E-state index in [2.05, 4.69) is 176 Å². The number of fused-ring (bicyclic) bond motifs is 6. The highest BCUT2D eigenvalue weighted by Crippen LogP contribution is 2.40. The van der Waals surface area contributed by atoms with Crippen LogP contribution in [-0.2, 0) is 0 Å². The molecule has 0 aliphatic rings. The van der Waals surface area contributed by atoms with Gasteiger partial charge in [0.2, 0.25) is 0 Å². The van der Waals surface area contributed by atoms with Crippen molar-refractivity contribution in [2.24, 2.45) is 0 Å². The van der Waals surface area contributed by atoms with Crippen molar-refractivity contribution in [3.63, 3.8) is 0 Å². The van der Waals surface area contributed by atoms with E-state index in [-0.39, 0.29) is 0 Å². The Hall–Kier alpha value is -7.76. The predicted octanol–water partition coefficient (Wildman–Crippen LogP) is 13.5. The van der Waals surface area contributed by atoms with Crippen LogP contribution >= 0.6 is 0 Å². The van der Waals surface area contributed by atoms with E-state index in [0.717, 1.165) is 61.4 Å². The zero-order chi connectivity index (χ0) is 37.7. The lowest BCUT2D eigenvalue weighted by atomic mass is 9.96. The molecule has 0 unspecified atom stereocenters. The summed E-state index contributed by atoms with van der Waals surface area (Å²) in [6.45, 7) is 0. The summed E-state index contributed by atoms with van der Waals surface area (Å²) in [6.07, 6.45) is 7.46. The maximum Gasteiger partial charge on any atom is 0.0892 e. The molecule has 0 bridgehead atoms. The molecule has 0 saturated carbocycles. The second-order valence-electron chi connectivity index (χ2n) is 14.4. The molecular formula is C52H33N5. The van der Waals surface area contributed by atoms with Crippen LogP contribution in [0.25, 0.3) is 87.8 Å². The number of rotatable bonds is 6. The highest BCUT2D eigenvalue weighted by atomic mass is 15.1. The molecule has 0 saturated heterocycles. The third-order valence-corrected chi connectivity index (χ3v) is 11.0. The standard InChI is InChI=1S/C52H33N5/c1-2-6-37-27-38(10-9-34(37)5-1)39-17-23-47-40(28-39)11-12-41-29-46(22-24-48(41)47)57(44-18-13-35(14-19-44)42-30-51-49(55-32-42)7-3-25-53-51)45-20-15-36(16-21-45)43-31-52-50(56-33-43)8-4-26-54-52/h1-33H. The first kappa shape index (κ1) is 32.7. The second kappa shape index (κ2) is 13.5. The maximum atomic E-state index is 4.66. The summed E-state index contributed by atoms with van der Waals surface area (Å²) >= 11 is 0. The minimum atomic E-state index is 0.881. The molecule has 4 aromatic heterocycles. The molecule has 7 aromatic carbocycles. The van der Waals surface area contributed by atoms with Gasteiger partial charge >= 0.3 is 0 Å². The third kappa shape index (κ3) is 5.99. The average molecular weight is 728 g/mol. The van der Waals surface area contributed by atoms with Crippen LogP contribution in [0.2, 0.25) is 0 Å². The molecule has 0 fully saturated rings. The smallest absolute Gasteiger partial charge is 0.0892 e. The Morgan fingerprint density at radius 1 is 0.281 bits per heavy atom. The van der Waals surface area contributed by atoms with Crippen molar-refractivity contribution in [1.29, 1.82) is 0 Å². The Bertz CT molecular complexity index is 3180. The van der Waals surface area contributed by atoms with E-state index in [4.69, 9.17) is 0 Å². The number of pyridine rings is 4. The predicted molar refractivity (Wildman–Crippen MR) is 236 cm³/mol. The number of nitrogens with zero attached hydrogens (tertiary/aromatic N) is 5. The van der Waals surface area contributed by atoms with Crippen molar-refractivity contribution in [2.75, 3.05) is 4.90 Å². The van der Waals surface area contributed by atoms with Crippen LogP contribution in [0.5, 0.6) is 0 Å². The van der Waals surface area contributed by atoms with Gasteiger partial charge in [0.15, 0.2) is 0 Å². The van der Waals surface area contributed by atoms with E-state index >= 15 is 0 Å². The fourth-order valence-electron chi connectivity index (χ4n) is 8.02. The molecule has 266 valence electrons. The fourth-order valence-corrected chi connectivity index (χ4v) is 8.02. The van der Waals surface area contributed by atoms with Gasteiger partial charge in [0.1, 0.15) is 0 Å². The van der Waals surface area contributed by atoms with Gasteiger partial charge in [-0.3, -0.25) is 19.9 Å². The van der Waals surface area contributed by atoms with E-state index < -0.39 is 0 Å². The second-order valence-corrected chi connectivity index (χ2v) is 14.4. The first-order valence-corrected chi connectivity index (χ1v) is 19.1. The van der Waals surface area contributed by atoms with Crippen LogP contribution in [0.3, 0.4) is 0 Å². The lowest BCUT2D eigenvalue weighted by Gasteiger charge is -2.26. The molecule has 0 N–H and O–H groups in total. The molecular weight excluding hydrogens is 695 g/mol. The van der Waals surface area contributed by atoms with Gasteiger partial charge in [-0.2, -0.15) is 0 Å². The molecule has 0 aliphatic carbocycles. The molecule has 57 heavy (non-hydrogen) atoms. The van der Waals surface area contributed by atoms with Crippen LogP contribution in [0.1, 0.15) is 0 Å².